The first kappa shape index (κ1) is 19.6. The molecular weight excluding hydrogens is 300 g/mol. The number of amides is 1. The molecule has 4 nitrogen and oxygen atoms in total. The van der Waals surface area contributed by atoms with Crippen LogP contribution in [0.4, 0.5) is 4.79 Å². The minimum Gasteiger partial charge on any atom is -0.450 e. The van der Waals surface area contributed by atoms with E-state index in [2.05, 4.69) is 33.0 Å². The van der Waals surface area contributed by atoms with Gasteiger partial charge >= 0.3 is 6.09 Å². The Labute approximate surface area is 148 Å². The van der Waals surface area contributed by atoms with Crippen LogP contribution in [0, 0.1) is 5.92 Å². The SMILES string of the molecule is CCOC(=O)N(CCC1CC(C)(C)NC(C)(C)C1)C1CCCCC1. The molecule has 1 saturated heterocycles. The molecule has 0 atom stereocenters. The van der Waals surface area contributed by atoms with Crippen LogP contribution in [0.25, 0.3) is 0 Å². The Hall–Kier alpha value is -0.770. The molecule has 0 spiro atoms. The van der Waals surface area contributed by atoms with Crippen molar-refractivity contribution in [3.63, 3.8) is 0 Å². The van der Waals surface area contributed by atoms with Gasteiger partial charge in [-0.2, -0.15) is 0 Å². The minimum absolute atomic E-state index is 0.100. The summed E-state index contributed by atoms with van der Waals surface area (Å²) in [6.45, 7) is 12.4. The van der Waals surface area contributed by atoms with Gasteiger partial charge in [0.1, 0.15) is 0 Å². The van der Waals surface area contributed by atoms with Crippen molar-refractivity contribution in [2.24, 2.45) is 5.92 Å². The van der Waals surface area contributed by atoms with Gasteiger partial charge in [-0.1, -0.05) is 19.3 Å². The van der Waals surface area contributed by atoms with Crippen LogP contribution in [0.3, 0.4) is 0 Å². The van der Waals surface area contributed by atoms with Crippen molar-refractivity contribution in [3.05, 3.63) is 0 Å². The van der Waals surface area contributed by atoms with Crippen molar-refractivity contribution < 1.29 is 9.53 Å². The Bertz CT molecular complexity index is 398. The number of hydrogen-bond donors (Lipinski definition) is 1. The molecule has 2 rings (SSSR count). The van der Waals surface area contributed by atoms with Gasteiger partial charge < -0.3 is 15.0 Å². The molecule has 0 radical (unpaired) electrons. The highest BCUT2D eigenvalue weighted by molar-refractivity contribution is 5.68. The van der Waals surface area contributed by atoms with Gasteiger partial charge in [0, 0.05) is 23.7 Å². The Kier molecular flexibility index (Phi) is 6.58. The highest BCUT2D eigenvalue weighted by Crippen LogP contribution is 2.35. The van der Waals surface area contributed by atoms with Crippen molar-refractivity contribution >= 4 is 6.09 Å². The van der Waals surface area contributed by atoms with Gasteiger partial charge in [0.25, 0.3) is 0 Å². The van der Waals surface area contributed by atoms with Crippen LogP contribution in [0.2, 0.25) is 0 Å². The lowest BCUT2D eigenvalue weighted by Gasteiger charge is -2.47. The lowest BCUT2D eigenvalue weighted by molar-refractivity contribution is 0.0689. The molecule has 4 heteroatoms. The van der Waals surface area contributed by atoms with Crippen LogP contribution >= 0.6 is 0 Å². The predicted octanol–water partition coefficient (Wildman–Crippen LogP) is 4.72. The van der Waals surface area contributed by atoms with E-state index >= 15 is 0 Å². The van der Waals surface area contributed by atoms with Gasteiger partial charge in [-0.15, -0.1) is 0 Å². The fourth-order valence-electron chi connectivity index (χ4n) is 5.08. The molecule has 1 saturated carbocycles. The summed E-state index contributed by atoms with van der Waals surface area (Å²) in [4.78, 5) is 14.5. The van der Waals surface area contributed by atoms with Crippen LogP contribution in [0.5, 0.6) is 0 Å². The maximum absolute atomic E-state index is 12.5. The summed E-state index contributed by atoms with van der Waals surface area (Å²) >= 11 is 0. The Morgan fingerprint density at radius 1 is 1.08 bits per heavy atom. The van der Waals surface area contributed by atoms with E-state index in [9.17, 15) is 4.79 Å². The largest absolute Gasteiger partial charge is 0.450 e. The Morgan fingerprint density at radius 2 is 1.67 bits per heavy atom. The quantitative estimate of drug-likeness (QED) is 0.788. The number of nitrogens with one attached hydrogen (secondary N) is 1. The van der Waals surface area contributed by atoms with Gasteiger partial charge in [-0.25, -0.2) is 4.79 Å². The summed E-state index contributed by atoms with van der Waals surface area (Å²) in [5, 5.41) is 3.75. The van der Waals surface area contributed by atoms with Crippen LogP contribution < -0.4 is 5.32 Å². The highest BCUT2D eigenvalue weighted by Gasteiger charge is 2.38. The van der Waals surface area contributed by atoms with Gasteiger partial charge in [0.2, 0.25) is 0 Å². The zero-order valence-electron chi connectivity index (χ0n) is 16.5. The van der Waals surface area contributed by atoms with Gasteiger partial charge in [0.05, 0.1) is 6.61 Å². The third-order valence-electron chi connectivity index (χ3n) is 5.57. The second kappa shape index (κ2) is 8.07. The molecule has 1 amide bonds. The molecule has 24 heavy (non-hydrogen) atoms. The average Bonchev–Trinajstić information content (AvgIpc) is 2.45. The van der Waals surface area contributed by atoms with Gasteiger partial charge in [0.15, 0.2) is 0 Å². The second-order valence-corrected chi connectivity index (χ2v) is 9.14. The van der Waals surface area contributed by atoms with E-state index in [4.69, 9.17) is 4.74 Å². The molecule has 2 fully saturated rings. The Morgan fingerprint density at radius 3 is 2.21 bits per heavy atom. The zero-order chi connectivity index (χ0) is 17.8. The molecule has 1 aliphatic carbocycles. The molecule has 0 aromatic heterocycles. The summed E-state index contributed by atoms with van der Waals surface area (Å²) in [5.41, 5.74) is 0.345. The molecule has 0 aromatic carbocycles. The maximum Gasteiger partial charge on any atom is 0.409 e. The van der Waals surface area contributed by atoms with Crippen molar-refractivity contribution in [3.8, 4) is 0 Å². The third-order valence-corrected chi connectivity index (χ3v) is 5.57. The molecule has 1 aliphatic heterocycles. The smallest absolute Gasteiger partial charge is 0.409 e. The highest BCUT2D eigenvalue weighted by atomic mass is 16.6. The summed E-state index contributed by atoms with van der Waals surface area (Å²) < 4.78 is 5.35. The van der Waals surface area contributed by atoms with Crippen molar-refractivity contribution in [2.75, 3.05) is 13.2 Å². The predicted molar refractivity (Wildman–Crippen MR) is 99.2 cm³/mol. The number of ether oxygens (including phenoxy) is 1. The first-order chi connectivity index (χ1) is 11.2. The summed E-state index contributed by atoms with van der Waals surface area (Å²) in [7, 11) is 0. The number of carbonyl (C=O) groups excluding carboxylic acids is 1. The second-order valence-electron chi connectivity index (χ2n) is 9.14. The molecule has 0 unspecified atom stereocenters. The van der Waals surface area contributed by atoms with E-state index in [0.29, 0.717) is 18.6 Å². The molecular formula is C20H38N2O2. The average molecular weight is 339 g/mol. The number of carbonyl (C=O) groups is 1. The fraction of sp³-hybridized carbons (Fsp3) is 0.950. The molecule has 140 valence electrons. The van der Waals surface area contributed by atoms with Crippen LogP contribution in [0.15, 0.2) is 0 Å². The molecule has 0 aromatic rings. The third kappa shape index (κ3) is 5.65. The van der Waals surface area contributed by atoms with Crippen LogP contribution in [-0.2, 0) is 4.74 Å². The van der Waals surface area contributed by atoms with Gasteiger partial charge in [-0.05, 0) is 72.6 Å². The lowest BCUT2D eigenvalue weighted by atomic mass is 9.74. The summed E-state index contributed by atoms with van der Waals surface area (Å²) in [6, 6.07) is 0.389. The number of nitrogens with zero attached hydrogens (tertiary/aromatic N) is 1. The molecule has 1 N–H and O–H groups in total. The molecule has 1 heterocycles. The number of rotatable bonds is 5. The normalized spacial score (nSPS) is 24.5. The monoisotopic (exact) mass is 338 g/mol. The lowest BCUT2D eigenvalue weighted by Crippen LogP contribution is -2.58. The number of hydrogen-bond acceptors (Lipinski definition) is 3. The standard InChI is InChI=1S/C20H38N2O2/c1-6-24-18(23)22(17-10-8-7-9-11-17)13-12-16-14-19(2,3)21-20(4,5)15-16/h16-17,21H,6-15H2,1-5H3. The topological polar surface area (TPSA) is 41.6 Å². The first-order valence-corrected chi connectivity index (χ1v) is 9.95. The van der Waals surface area contributed by atoms with Crippen molar-refractivity contribution in [2.45, 2.75) is 103 Å². The molecule has 2 aliphatic rings. The van der Waals surface area contributed by atoms with Crippen molar-refractivity contribution in [1.29, 1.82) is 0 Å². The van der Waals surface area contributed by atoms with Crippen LogP contribution in [0.1, 0.15) is 86.0 Å². The van der Waals surface area contributed by atoms with E-state index in [0.717, 1.165) is 25.8 Å². The van der Waals surface area contributed by atoms with Crippen molar-refractivity contribution in [1.82, 2.24) is 10.2 Å². The first-order valence-electron chi connectivity index (χ1n) is 9.95. The maximum atomic E-state index is 12.5. The van der Waals surface area contributed by atoms with Crippen LogP contribution in [-0.4, -0.2) is 41.3 Å². The van der Waals surface area contributed by atoms with E-state index in [1.165, 1.54) is 32.1 Å². The minimum atomic E-state index is -0.100. The van der Waals surface area contributed by atoms with Gasteiger partial charge in [-0.3, -0.25) is 0 Å². The molecule has 0 bridgehead atoms. The fourth-order valence-corrected chi connectivity index (χ4v) is 5.08. The summed E-state index contributed by atoms with van der Waals surface area (Å²) in [6.07, 6.45) is 9.42. The number of piperidine rings is 1. The van der Waals surface area contributed by atoms with E-state index in [1.54, 1.807) is 0 Å². The summed E-state index contributed by atoms with van der Waals surface area (Å²) in [5.74, 6) is 0.664. The van der Waals surface area contributed by atoms with E-state index < -0.39 is 0 Å². The Balaban J connectivity index is 1.97. The zero-order valence-corrected chi connectivity index (χ0v) is 16.5. The van der Waals surface area contributed by atoms with E-state index in [-0.39, 0.29) is 17.2 Å². The van der Waals surface area contributed by atoms with E-state index in [1.807, 2.05) is 11.8 Å².